The molecule has 1 rings (SSSR count). The van der Waals surface area contributed by atoms with E-state index in [1.54, 1.807) is 39.3 Å². The first kappa shape index (κ1) is 15.8. The predicted molar refractivity (Wildman–Crippen MR) is 71.8 cm³/mol. The summed E-state index contributed by atoms with van der Waals surface area (Å²) >= 11 is 0. The molecule has 0 aliphatic carbocycles. The maximum absolute atomic E-state index is 9.67. The van der Waals surface area contributed by atoms with Crippen LogP contribution in [0, 0.1) is 0 Å². The maximum atomic E-state index is 9.67. The summed E-state index contributed by atoms with van der Waals surface area (Å²) in [6, 6.07) is 5.35. The molecular formula is C14H22O5. The van der Waals surface area contributed by atoms with Gasteiger partial charge in [-0.25, -0.2) is 0 Å². The van der Waals surface area contributed by atoms with Crippen molar-refractivity contribution in [2.75, 3.05) is 40.6 Å². The first-order valence-electron chi connectivity index (χ1n) is 6.24. The van der Waals surface area contributed by atoms with Gasteiger partial charge in [-0.3, -0.25) is 0 Å². The van der Waals surface area contributed by atoms with Gasteiger partial charge in [0.25, 0.3) is 0 Å². The molecule has 5 nitrogen and oxygen atoms in total. The lowest BCUT2D eigenvalue weighted by molar-refractivity contribution is 0.0537. The van der Waals surface area contributed by atoms with Crippen LogP contribution in [0.3, 0.4) is 0 Å². The van der Waals surface area contributed by atoms with E-state index in [-0.39, 0.29) is 0 Å². The quantitative estimate of drug-likeness (QED) is 0.693. The Morgan fingerprint density at radius 3 is 2.47 bits per heavy atom. The third-order valence-corrected chi connectivity index (χ3v) is 2.59. The smallest absolute Gasteiger partial charge is 0.128 e. The molecule has 1 aromatic rings. The van der Waals surface area contributed by atoms with E-state index in [1.165, 1.54) is 0 Å². The van der Waals surface area contributed by atoms with Gasteiger partial charge in [0.05, 0.1) is 33.0 Å². The Morgan fingerprint density at radius 1 is 1.11 bits per heavy atom. The number of hydrogen-bond acceptors (Lipinski definition) is 5. The second kappa shape index (κ2) is 8.74. The first-order valence-corrected chi connectivity index (χ1v) is 6.24. The lowest BCUT2D eigenvalue weighted by Gasteiger charge is -2.14. The predicted octanol–water partition coefficient (Wildman–Crippen LogP) is 1.79. The van der Waals surface area contributed by atoms with E-state index in [4.69, 9.17) is 18.9 Å². The van der Waals surface area contributed by atoms with E-state index >= 15 is 0 Å². The third kappa shape index (κ3) is 5.46. The molecule has 1 aromatic carbocycles. The van der Waals surface area contributed by atoms with Crippen molar-refractivity contribution < 1.29 is 24.1 Å². The van der Waals surface area contributed by atoms with Gasteiger partial charge in [0.15, 0.2) is 0 Å². The summed E-state index contributed by atoms with van der Waals surface area (Å²) in [7, 11) is 3.22. The van der Waals surface area contributed by atoms with Gasteiger partial charge in [0.2, 0.25) is 0 Å². The largest absolute Gasteiger partial charge is 0.497 e. The highest BCUT2D eigenvalue weighted by Gasteiger charge is 2.10. The van der Waals surface area contributed by atoms with Crippen LogP contribution in [-0.4, -0.2) is 45.8 Å². The Balaban J connectivity index is 2.50. The molecule has 0 bridgehead atoms. The molecule has 1 atom stereocenters. The van der Waals surface area contributed by atoms with Crippen LogP contribution in [0.5, 0.6) is 11.5 Å². The number of aliphatic hydroxyl groups excluding tert-OH is 1. The van der Waals surface area contributed by atoms with Crippen LogP contribution in [0.15, 0.2) is 18.2 Å². The normalized spacial score (nSPS) is 12.2. The summed E-state index contributed by atoms with van der Waals surface area (Å²) in [4.78, 5) is 0. The average Bonchev–Trinajstić information content (AvgIpc) is 2.42. The minimum atomic E-state index is -0.588. The second-order valence-corrected chi connectivity index (χ2v) is 4.03. The van der Waals surface area contributed by atoms with Crippen molar-refractivity contribution in [3.63, 3.8) is 0 Å². The summed E-state index contributed by atoms with van der Waals surface area (Å²) in [5, 5.41) is 9.67. The van der Waals surface area contributed by atoms with E-state index in [2.05, 4.69) is 0 Å². The molecule has 0 amide bonds. The zero-order valence-corrected chi connectivity index (χ0v) is 11.7. The molecule has 19 heavy (non-hydrogen) atoms. The van der Waals surface area contributed by atoms with Gasteiger partial charge in [0.1, 0.15) is 18.1 Å². The lowest BCUT2D eigenvalue weighted by Crippen LogP contribution is -2.11. The summed E-state index contributed by atoms with van der Waals surface area (Å²) in [5.41, 5.74) is 0.734. The zero-order valence-electron chi connectivity index (χ0n) is 11.7. The van der Waals surface area contributed by atoms with Gasteiger partial charge in [0, 0.05) is 18.7 Å². The van der Waals surface area contributed by atoms with E-state index in [9.17, 15) is 5.11 Å². The van der Waals surface area contributed by atoms with Gasteiger partial charge >= 0.3 is 0 Å². The minimum absolute atomic E-state index is 0.413. The van der Waals surface area contributed by atoms with Gasteiger partial charge in [-0.1, -0.05) is 0 Å². The van der Waals surface area contributed by atoms with Gasteiger partial charge in [-0.2, -0.15) is 0 Å². The number of benzene rings is 1. The molecule has 0 heterocycles. The number of hydrogen-bond donors (Lipinski definition) is 1. The molecule has 0 aliphatic heterocycles. The summed E-state index contributed by atoms with van der Waals surface area (Å²) in [6.45, 7) is 3.69. The van der Waals surface area contributed by atoms with Crippen molar-refractivity contribution in [1.82, 2.24) is 0 Å². The molecule has 0 aliphatic rings. The Kier molecular flexibility index (Phi) is 7.25. The number of ether oxygens (including phenoxy) is 4. The molecule has 108 valence electrons. The Bertz CT molecular complexity index is 365. The maximum Gasteiger partial charge on any atom is 0.128 e. The zero-order chi connectivity index (χ0) is 14.1. The molecule has 0 fully saturated rings. The monoisotopic (exact) mass is 270 g/mol. The van der Waals surface area contributed by atoms with Crippen LogP contribution < -0.4 is 9.47 Å². The standard InChI is InChI=1S/C14H22O5/c1-11(15)13-5-4-12(17-3)10-14(13)19-9-8-18-7-6-16-2/h4-5,10-11,15H,6-9H2,1-3H3/t11-/m1/s1. The molecule has 5 heteroatoms. The van der Waals surface area contributed by atoms with E-state index in [1.807, 2.05) is 0 Å². The van der Waals surface area contributed by atoms with Crippen LogP contribution >= 0.6 is 0 Å². The van der Waals surface area contributed by atoms with Gasteiger partial charge in [-0.15, -0.1) is 0 Å². The number of aliphatic hydroxyl groups is 1. The molecule has 0 aromatic heterocycles. The fraction of sp³-hybridized carbons (Fsp3) is 0.571. The van der Waals surface area contributed by atoms with E-state index in [0.717, 1.165) is 5.56 Å². The fourth-order valence-corrected chi connectivity index (χ4v) is 1.57. The Morgan fingerprint density at radius 2 is 1.84 bits per heavy atom. The van der Waals surface area contributed by atoms with Crippen LogP contribution in [0.1, 0.15) is 18.6 Å². The molecule has 1 N–H and O–H groups in total. The third-order valence-electron chi connectivity index (χ3n) is 2.59. The minimum Gasteiger partial charge on any atom is -0.497 e. The SMILES string of the molecule is COCCOCCOc1cc(OC)ccc1[C@@H](C)O. The van der Waals surface area contributed by atoms with Crippen molar-refractivity contribution in [3.8, 4) is 11.5 Å². The van der Waals surface area contributed by atoms with Gasteiger partial charge in [-0.05, 0) is 19.1 Å². The van der Waals surface area contributed by atoms with Crippen molar-refractivity contribution >= 4 is 0 Å². The molecule has 0 saturated heterocycles. The Labute approximate surface area is 114 Å². The first-order chi connectivity index (χ1) is 9.19. The highest BCUT2D eigenvalue weighted by atomic mass is 16.5. The average molecular weight is 270 g/mol. The molecule has 0 radical (unpaired) electrons. The molecule has 0 saturated carbocycles. The van der Waals surface area contributed by atoms with Crippen LogP contribution in [0.4, 0.5) is 0 Å². The molecular weight excluding hydrogens is 248 g/mol. The van der Waals surface area contributed by atoms with E-state index in [0.29, 0.717) is 37.9 Å². The number of rotatable bonds is 9. The van der Waals surface area contributed by atoms with Crippen molar-refractivity contribution in [1.29, 1.82) is 0 Å². The summed E-state index contributed by atoms with van der Waals surface area (Å²) in [5.74, 6) is 1.31. The van der Waals surface area contributed by atoms with Crippen LogP contribution in [0.2, 0.25) is 0 Å². The van der Waals surface area contributed by atoms with Crippen molar-refractivity contribution in [3.05, 3.63) is 23.8 Å². The summed E-state index contributed by atoms with van der Waals surface area (Å²) < 4.78 is 20.9. The van der Waals surface area contributed by atoms with E-state index < -0.39 is 6.10 Å². The lowest BCUT2D eigenvalue weighted by atomic mass is 10.1. The molecule has 0 spiro atoms. The summed E-state index contributed by atoms with van der Waals surface area (Å²) in [6.07, 6.45) is -0.588. The topological polar surface area (TPSA) is 57.2 Å². The van der Waals surface area contributed by atoms with Crippen LogP contribution in [-0.2, 0) is 9.47 Å². The van der Waals surface area contributed by atoms with Crippen molar-refractivity contribution in [2.24, 2.45) is 0 Å². The fourth-order valence-electron chi connectivity index (χ4n) is 1.57. The second-order valence-electron chi connectivity index (χ2n) is 4.03. The highest BCUT2D eigenvalue weighted by Crippen LogP contribution is 2.29. The van der Waals surface area contributed by atoms with Crippen molar-refractivity contribution in [2.45, 2.75) is 13.0 Å². The number of methoxy groups -OCH3 is 2. The molecule has 0 unspecified atom stereocenters. The van der Waals surface area contributed by atoms with Crippen LogP contribution in [0.25, 0.3) is 0 Å². The highest BCUT2D eigenvalue weighted by molar-refractivity contribution is 5.41. The van der Waals surface area contributed by atoms with Gasteiger partial charge < -0.3 is 24.1 Å². The Hall–Kier alpha value is -1.30.